The smallest absolute Gasteiger partial charge is 0.300 e. The molecule has 3 aliphatic rings. The maximum Gasteiger partial charge on any atom is 0.300 e. The minimum Gasteiger partial charge on any atom is -0.481 e. The number of carboxylic acid groups (broad SMARTS) is 1. The van der Waals surface area contributed by atoms with Gasteiger partial charge in [0, 0.05) is 102 Å². The first-order valence-electron chi connectivity index (χ1n) is 12.0. The summed E-state index contributed by atoms with van der Waals surface area (Å²) < 4.78 is 0. The molecule has 0 aromatic heterocycles. The Bertz CT molecular complexity index is 719. The number of fused-ring (bicyclic) bond motifs is 3. The second-order valence-electron chi connectivity index (χ2n) is 9.07. The van der Waals surface area contributed by atoms with E-state index in [0.717, 1.165) is 13.5 Å². The fraction of sp³-hybridized carbons (Fsp3) is 0.577. The molecule has 2 saturated heterocycles. The van der Waals surface area contributed by atoms with Crippen LogP contribution in [-0.4, -0.2) is 103 Å². The van der Waals surface area contributed by atoms with Crippen molar-refractivity contribution in [2.24, 2.45) is 5.92 Å². The van der Waals surface area contributed by atoms with Crippen LogP contribution >= 0.6 is 0 Å². The molecular weight excluding hydrogens is 459 g/mol. The Morgan fingerprint density at radius 1 is 0.848 bits per heavy atom. The van der Waals surface area contributed by atoms with E-state index >= 15 is 0 Å². The summed E-state index contributed by atoms with van der Waals surface area (Å²) in [6.45, 7) is 15.4. The predicted octanol–water partition coefficient (Wildman–Crippen LogP) is 2.64. The van der Waals surface area contributed by atoms with Gasteiger partial charge in [-0.25, -0.2) is 0 Å². The summed E-state index contributed by atoms with van der Waals surface area (Å²) in [6.07, 6.45) is 10.3. The van der Waals surface area contributed by atoms with E-state index in [1.165, 1.54) is 84.0 Å². The largest absolute Gasteiger partial charge is 0.481 e. The van der Waals surface area contributed by atoms with Crippen molar-refractivity contribution in [2.45, 2.75) is 19.9 Å². The van der Waals surface area contributed by atoms with Crippen LogP contribution in [0.25, 0.3) is 0 Å². The van der Waals surface area contributed by atoms with E-state index in [2.05, 4.69) is 74.2 Å². The maximum atomic E-state index is 9.00. The number of benzene rings is 1. The zero-order valence-electron chi connectivity index (χ0n) is 19.9. The maximum absolute atomic E-state index is 9.00. The number of carboxylic acids is 1. The number of rotatable bonds is 4. The number of hydrogen-bond acceptors (Lipinski definition) is 5. The normalized spacial score (nSPS) is 26.3. The Morgan fingerprint density at radius 2 is 1.36 bits per heavy atom. The van der Waals surface area contributed by atoms with Gasteiger partial charge >= 0.3 is 0 Å². The van der Waals surface area contributed by atoms with Crippen molar-refractivity contribution in [2.75, 3.05) is 72.0 Å². The molecule has 1 N–H and O–H groups in total. The fourth-order valence-corrected chi connectivity index (χ4v) is 4.59. The van der Waals surface area contributed by atoms with Crippen LogP contribution in [0.3, 0.4) is 0 Å². The van der Waals surface area contributed by atoms with Gasteiger partial charge in [-0.05, 0) is 17.9 Å². The van der Waals surface area contributed by atoms with Gasteiger partial charge in [0.05, 0.1) is 0 Å². The van der Waals surface area contributed by atoms with Crippen LogP contribution in [0, 0.1) is 5.92 Å². The Morgan fingerprint density at radius 3 is 1.88 bits per heavy atom. The van der Waals surface area contributed by atoms with Crippen LogP contribution in [-0.2, 0) is 27.8 Å². The molecule has 1 aromatic carbocycles. The fourth-order valence-electron chi connectivity index (χ4n) is 4.59. The number of nitrogens with zero attached hydrogens (tertiary/aromatic N) is 4. The van der Waals surface area contributed by atoms with E-state index in [9.17, 15) is 0 Å². The monoisotopic (exact) mass is 498 g/mol. The summed E-state index contributed by atoms with van der Waals surface area (Å²) in [4.78, 5) is 19.8. The number of allylic oxidation sites excluding steroid dienone is 3. The molecule has 2 fully saturated rings. The summed E-state index contributed by atoms with van der Waals surface area (Å²) in [5.41, 5.74) is 1.44. The minimum atomic E-state index is -0.833. The van der Waals surface area contributed by atoms with Gasteiger partial charge in [-0.1, -0.05) is 54.6 Å². The second-order valence-corrected chi connectivity index (χ2v) is 9.07. The van der Waals surface area contributed by atoms with Gasteiger partial charge in [-0.3, -0.25) is 19.5 Å². The molecule has 0 saturated carbocycles. The average Bonchev–Trinajstić information content (AvgIpc) is 2.94. The topological polar surface area (TPSA) is 50.3 Å². The number of carbonyl (C=O) groups is 1. The van der Waals surface area contributed by atoms with E-state index in [-0.39, 0.29) is 16.5 Å². The molecule has 0 spiro atoms. The Kier molecular flexibility index (Phi) is 13.0. The zero-order chi connectivity index (χ0) is 22.6. The van der Waals surface area contributed by atoms with Gasteiger partial charge < -0.3 is 10.0 Å². The van der Waals surface area contributed by atoms with Gasteiger partial charge in [-0.15, -0.1) is 0 Å². The van der Waals surface area contributed by atoms with Gasteiger partial charge in [0.15, 0.2) is 0 Å². The van der Waals surface area contributed by atoms with E-state index < -0.39 is 5.97 Å². The molecule has 33 heavy (non-hydrogen) atoms. The summed E-state index contributed by atoms with van der Waals surface area (Å²) >= 11 is 0. The first-order valence-corrected chi connectivity index (χ1v) is 12.0. The van der Waals surface area contributed by atoms with Crippen molar-refractivity contribution in [3.8, 4) is 0 Å². The van der Waals surface area contributed by atoms with Crippen molar-refractivity contribution in [1.82, 2.24) is 19.6 Å². The van der Waals surface area contributed by atoms with Crippen molar-refractivity contribution in [1.29, 1.82) is 0 Å². The Balaban J connectivity index is 0.000000714. The third kappa shape index (κ3) is 11.0. The van der Waals surface area contributed by atoms with E-state index in [0.29, 0.717) is 5.92 Å². The summed E-state index contributed by atoms with van der Waals surface area (Å²) in [7, 11) is 0. The quantitative estimate of drug-likeness (QED) is 0.644. The molecule has 1 aliphatic carbocycles. The molecule has 186 valence electrons. The molecule has 7 heteroatoms. The minimum absolute atomic E-state index is 0. The molecule has 0 radical (unpaired) electrons. The van der Waals surface area contributed by atoms with E-state index in [1.807, 2.05) is 0 Å². The van der Waals surface area contributed by atoms with Gasteiger partial charge in [0.2, 0.25) is 0 Å². The van der Waals surface area contributed by atoms with Crippen molar-refractivity contribution >= 4 is 5.97 Å². The Labute approximate surface area is 209 Å². The van der Waals surface area contributed by atoms with Crippen molar-refractivity contribution in [3.63, 3.8) is 0 Å². The first-order chi connectivity index (χ1) is 15.6. The third-order valence-electron chi connectivity index (χ3n) is 6.47. The second kappa shape index (κ2) is 15.4. The van der Waals surface area contributed by atoms with E-state index in [1.54, 1.807) is 0 Å². The predicted molar refractivity (Wildman–Crippen MR) is 131 cm³/mol. The average molecular weight is 499 g/mol. The molecule has 4 rings (SSSR count). The summed E-state index contributed by atoms with van der Waals surface area (Å²) in [6, 6.07) is 11.0. The standard InChI is InChI=1S/C24H36N4.C2H4O2.Ni/c1-3-7-23(8-4-1)21-27-17-13-25-11-12-26(14-18-27)16-20-28(19-15-25)22-24-9-5-2-6-10-24;1-2(3)4;/h1-9,24H,10-22H2;1H3,(H,3,4);. The number of aliphatic carboxylic acids is 1. The SMILES string of the molecule is C1=CCC(CN2CCN3CCN(CCN(Cc4ccccc4)CC3)CC2)C=C1.CC(=O)O.[Ni]. The van der Waals surface area contributed by atoms with Crippen LogP contribution in [0.2, 0.25) is 0 Å². The molecule has 6 nitrogen and oxygen atoms in total. The molecule has 3 atom stereocenters. The zero-order valence-corrected chi connectivity index (χ0v) is 20.9. The Hall–Kier alpha value is -1.50. The van der Waals surface area contributed by atoms with Gasteiger partial charge in [0.25, 0.3) is 5.97 Å². The first kappa shape index (κ1) is 27.7. The molecule has 1 aromatic rings. The van der Waals surface area contributed by atoms with Crippen molar-refractivity contribution in [3.05, 3.63) is 60.2 Å². The third-order valence-corrected chi connectivity index (χ3v) is 6.47. The molecule has 2 heterocycles. The van der Waals surface area contributed by atoms with Crippen LogP contribution in [0.5, 0.6) is 0 Å². The van der Waals surface area contributed by atoms with E-state index in [4.69, 9.17) is 9.90 Å². The van der Waals surface area contributed by atoms with Gasteiger partial charge in [0.1, 0.15) is 0 Å². The number of hydrogen-bond donors (Lipinski definition) is 1. The summed E-state index contributed by atoms with van der Waals surface area (Å²) in [5.74, 6) is -0.137. The van der Waals surface area contributed by atoms with Crippen LogP contribution in [0.1, 0.15) is 18.9 Å². The summed E-state index contributed by atoms with van der Waals surface area (Å²) in [5, 5.41) is 7.42. The van der Waals surface area contributed by atoms with Crippen LogP contribution < -0.4 is 0 Å². The molecule has 3 unspecified atom stereocenters. The molecular formula is C26H40N4NiO2. The van der Waals surface area contributed by atoms with Crippen LogP contribution in [0.4, 0.5) is 0 Å². The molecule has 0 amide bonds. The molecule has 2 aliphatic heterocycles. The van der Waals surface area contributed by atoms with Gasteiger partial charge in [-0.2, -0.15) is 0 Å². The molecule has 2 bridgehead atoms. The van der Waals surface area contributed by atoms with Crippen LogP contribution in [0.15, 0.2) is 54.6 Å². The van der Waals surface area contributed by atoms with Crippen molar-refractivity contribution < 1.29 is 26.4 Å².